The molecule has 5 nitrogen and oxygen atoms in total. The van der Waals surface area contributed by atoms with Crippen LogP contribution >= 0.6 is 27.5 Å². The van der Waals surface area contributed by atoms with E-state index in [0.29, 0.717) is 10.7 Å². The fraction of sp³-hybridized carbons (Fsp3) is 0.0833. The van der Waals surface area contributed by atoms with Crippen molar-refractivity contribution < 1.29 is 9.53 Å². The van der Waals surface area contributed by atoms with Crippen molar-refractivity contribution >= 4 is 33.5 Å². The quantitative estimate of drug-likeness (QED) is 0.786. The molecule has 1 aromatic carbocycles. The molecule has 98 valence electrons. The molecule has 0 N–H and O–H groups in total. The number of rotatable bonds is 2. The second kappa shape index (κ2) is 5.54. The Labute approximate surface area is 121 Å². The van der Waals surface area contributed by atoms with E-state index in [2.05, 4.69) is 25.8 Å². The summed E-state index contributed by atoms with van der Waals surface area (Å²) in [5.74, 6) is -0.775. The number of carbonyl (C=O) groups excluding carboxylic acids is 1. The molecule has 0 aliphatic heterocycles. The first-order valence-electron chi connectivity index (χ1n) is 5.16. The minimum atomic E-state index is -0.775. The van der Waals surface area contributed by atoms with Crippen LogP contribution in [0.3, 0.4) is 0 Å². The molecule has 0 radical (unpaired) electrons. The summed E-state index contributed by atoms with van der Waals surface area (Å²) in [7, 11) is 1.19. The minimum absolute atomic E-state index is 0.274. The van der Waals surface area contributed by atoms with E-state index in [4.69, 9.17) is 11.6 Å². The van der Waals surface area contributed by atoms with Crippen LogP contribution < -0.4 is 5.43 Å². The first-order valence-corrected chi connectivity index (χ1v) is 6.34. The summed E-state index contributed by atoms with van der Waals surface area (Å²) in [6.45, 7) is 0. The van der Waals surface area contributed by atoms with Gasteiger partial charge >= 0.3 is 5.97 Å². The summed E-state index contributed by atoms with van der Waals surface area (Å²) < 4.78 is 6.63. The molecule has 0 saturated heterocycles. The van der Waals surface area contributed by atoms with E-state index in [1.54, 1.807) is 18.2 Å². The highest BCUT2D eigenvalue weighted by Crippen LogP contribution is 2.24. The number of esters is 1. The third-order valence-electron chi connectivity index (χ3n) is 2.35. The largest absolute Gasteiger partial charge is 0.464 e. The monoisotopic (exact) mass is 342 g/mol. The second-order valence-electron chi connectivity index (χ2n) is 3.56. The summed E-state index contributed by atoms with van der Waals surface area (Å²) in [5, 5.41) is 4.44. The maximum Gasteiger partial charge on any atom is 0.362 e. The smallest absolute Gasteiger partial charge is 0.362 e. The molecule has 0 bridgehead atoms. The molecule has 0 spiro atoms. The molecule has 2 aromatic rings. The molecule has 1 aromatic heterocycles. The SMILES string of the molecule is COC(=O)c1nn(-c2ccc(Br)c(Cl)c2)ccc1=O. The van der Waals surface area contributed by atoms with Crippen molar-refractivity contribution in [1.29, 1.82) is 0 Å². The lowest BCUT2D eigenvalue weighted by Gasteiger charge is -2.07. The molecule has 0 unspecified atom stereocenters. The van der Waals surface area contributed by atoms with E-state index in [1.165, 1.54) is 24.1 Å². The van der Waals surface area contributed by atoms with E-state index >= 15 is 0 Å². The van der Waals surface area contributed by atoms with Gasteiger partial charge in [0, 0.05) is 16.7 Å². The zero-order valence-electron chi connectivity index (χ0n) is 9.76. The summed E-state index contributed by atoms with van der Waals surface area (Å²) in [5.41, 5.74) is -0.145. The topological polar surface area (TPSA) is 61.2 Å². The van der Waals surface area contributed by atoms with E-state index in [9.17, 15) is 9.59 Å². The van der Waals surface area contributed by atoms with E-state index in [1.807, 2.05) is 0 Å². The van der Waals surface area contributed by atoms with Crippen LogP contribution in [0.25, 0.3) is 5.69 Å². The van der Waals surface area contributed by atoms with Gasteiger partial charge in [0.2, 0.25) is 11.1 Å². The number of methoxy groups -OCH3 is 1. The Hall–Kier alpha value is -1.66. The number of aromatic nitrogens is 2. The van der Waals surface area contributed by atoms with Crippen molar-refractivity contribution in [3.05, 3.63) is 55.9 Å². The van der Waals surface area contributed by atoms with Gasteiger partial charge in [0.05, 0.1) is 17.8 Å². The normalized spacial score (nSPS) is 10.3. The van der Waals surface area contributed by atoms with E-state index in [-0.39, 0.29) is 5.69 Å². The molecule has 19 heavy (non-hydrogen) atoms. The van der Waals surface area contributed by atoms with Crippen LogP contribution in [0.15, 0.2) is 39.7 Å². The van der Waals surface area contributed by atoms with Crippen molar-refractivity contribution in [2.75, 3.05) is 7.11 Å². The minimum Gasteiger partial charge on any atom is -0.464 e. The standard InChI is InChI=1S/C12H8BrClN2O3/c1-19-12(18)11-10(17)4-5-16(15-11)7-2-3-8(13)9(14)6-7/h2-6H,1H3. The van der Waals surface area contributed by atoms with Gasteiger partial charge < -0.3 is 4.74 Å². The molecule has 0 aliphatic rings. The highest BCUT2D eigenvalue weighted by atomic mass is 79.9. The van der Waals surface area contributed by atoms with Gasteiger partial charge in [-0.25, -0.2) is 9.48 Å². The molecule has 7 heteroatoms. The Bertz CT molecular complexity index is 700. The zero-order chi connectivity index (χ0) is 14.0. The molecular formula is C12H8BrClN2O3. The van der Waals surface area contributed by atoms with Gasteiger partial charge in [0.1, 0.15) is 0 Å². The van der Waals surface area contributed by atoms with Crippen LogP contribution in [-0.2, 0) is 4.74 Å². The Morgan fingerprint density at radius 1 is 1.42 bits per heavy atom. The van der Waals surface area contributed by atoms with Gasteiger partial charge in [-0.3, -0.25) is 4.79 Å². The fourth-order valence-corrected chi connectivity index (χ4v) is 1.84. The first kappa shape index (κ1) is 13.8. The van der Waals surface area contributed by atoms with E-state index in [0.717, 1.165) is 4.47 Å². The Kier molecular flexibility index (Phi) is 4.01. The molecule has 0 amide bonds. The molecule has 1 heterocycles. The van der Waals surface area contributed by atoms with Gasteiger partial charge in [-0.05, 0) is 34.1 Å². The summed E-state index contributed by atoms with van der Waals surface area (Å²) in [6, 6.07) is 6.39. The summed E-state index contributed by atoms with van der Waals surface area (Å²) in [4.78, 5) is 22.9. The van der Waals surface area contributed by atoms with Crippen LogP contribution in [0.2, 0.25) is 5.02 Å². The van der Waals surface area contributed by atoms with Crippen molar-refractivity contribution in [1.82, 2.24) is 9.78 Å². The van der Waals surface area contributed by atoms with Crippen LogP contribution in [0.4, 0.5) is 0 Å². The van der Waals surface area contributed by atoms with Crippen LogP contribution in [0, 0.1) is 0 Å². The fourth-order valence-electron chi connectivity index (χ4n) is 1.42. The summed E-state index contributed by atoms with van der Waals surface area (Å²) in [6.07, 6.45) is 1.45. The van der Waals surface area contributed by atoms with Gasteiger partial charge in [-0.2, -0.15) is 5.10 Å². The van der Waals surface area contributed by atoms with Gasteiger partial charge in [0.15, 0.2) is 0 Å². The van der Waals surface area contributed by atoms with E-state index < -0.39 is 11.4 Å². The predicted molar refractivity (Wildman–Crippen MR) is 73.9 cm³/mol. The number of halogens is 2. The number of ether oxygens (including phenoxy) is 1. The highest BCUT2D eigenvalue weighted by Gasteiger charge is 2.13. The third-order valence-corrected chi connectivity index (χ3v) is 3.59. The Balaban J connectivity index is 2.54. The molecule has 0 atom stereocenters. The number of benzene rings is 1. The number of hydrogen-bond acceptors (Lipinski definition) is 4. The average Bonchev–Trinajstić information content (AvgIpc) is 2.41. The zero-order valence-corrected chi connectivity index (χ0v) is 12.1. The molecule has 0 saturated carbocycles. The first-order chi connectivity index (χ1) is 9.02. The Morgan fingerprint density at radius 3 is 2.79 bits per heavy atom. The number of nitrogens with zero attached hydrogens (tertiary/aromatic N) is 2. The van der Waals surface area contributed by atoms with Gasteiger partial charge in [-0.15, -0.1) is 0 Å². The van der Waals surface area contributed by atoms with Gasteiger partial charge in [0.25, 0.3) is 0 Å². The Morgan fingerprint density at radius 2 is 2.16 bits per heavy atom. The predicted octanol–water partition coefficient (Wildman–Crippen LogP) is 2.44. The lowest BCUT2D eigenvalue weighted by atomic mass is 10.3. The lowest BCUT2D eigenvalue weighted by Crippen LogP contribution is -2.21. The highest BCUT2D eigenvalue weighted by molar-refractivity contribution is 9.10. The molecule has 0 fully saturated rings. The van der Waals surface area contributed by atoms with Crippen molar-refractivity contribution in [3.63, 3.8) is 0 Å². The molecule has 0 aliphatic carbocycles. The van der Waals surface area contributed by atoms with Crippen LogP contribution in [0.5, 0.6) is 0 Å². The summed E-state index contributed by atoms with van der Waals surface area (Å²) >= 11 is 9.26. The molecular weight excluding hydrogens is 336 g/mol. The van der Waals surface area contributed by atoms with Crippen molar-refractivity contribution in [3.8, 4) is 5.69 Å². The lowest BCUT2D eigenvalue weighted by molar-refractivity contribution is 0.0590. The third kappa shape index (κ3) is 2.85. The maximum absolute atomic E-state index is 11.5. The van der Waals surface area contributed by atoms with Crippen molar-refractivity contribution in [2.45, 2.75) is 0 Å². The van der Waals surface area contributed by atoms with Crippen molar-refractivity contribution in [2.24, 2.45) is 0 Å². The maximum atomic E-state index is 11.5. The molecule has 2 rings (SSSR count). The number of carbonyl (C=O) groups is 1. The average molecular weight is 344 g/mol. The number of hydrogen-bond donors (Lipinski definition) is 0. The van der Waals surface area contributed by atoms with Crippen LogP contribution in [-0.4, -0.2) is 22.9 Å². The van der Waals surface area contributed by atoms with Gasteiger partial charge in [-0.1, -0.05) is 11.6 Å². The van der Waals surface area contributed by atoms with Crippen LogP contribution in [0.1, 0.15) is 10.5 Å². The second-order valence-corrected chi connectivity index (χ2v) is 4.82.